The number of halogens is 1. The Morgan fingerprint density at radius 3 is 2.07 bits per heavy atom. The number of nitrogens with two attached hydrogens (primary N) is 1. The van der Waals surface area contributed by atoms with Crippen LogP contribution in [0.4, 0.5) is 4.79 Å². The summed E-state index contributed by atoms with van der Waals surface area (Å²) < 4.78 is 16.0. The van der Waals surface area contributed by atoms with E-state index in [1.54, 1.807) is 0 Å². The zero-order valence-corrected chi connectivity index (χ0v) is 16.6. The van der Waals surface area contributed by atoms with Gasteiger partial charge in [0.05, 0.1) is 26.4 Å². The van der Waals surface area contributed by atoms with Crippen LogP contribution in [0.1, 0.15) is 17.0 Å². The number of ether oxygens (including phenoxy) is 3. The number of carbonyl (C=O) groups is 1. The molecule has 0 bridgehead atoms. The van der Waals surface area contributed by atoms with Gasteiger partial charge in [-0.15, -0.1) is 12.4 Å². The Hall–Kier alpha value is -2.12. The molecule has 3 N–H and O–H groups in total. The van der Waals surface area contributed by atoms with E-state index in [0.717, 1.165) is 0 Å². The summed E-state index contributed by atoms with van der Waals surface area (Å²) in [7, 11) is 0. The van der Waals surface area contributed by atoms with Gasteiger partial charge in [0.1, 0.15) is 6.61 Å². The molecule has 0 saturated heterocycles. The Kier molecular flexibility index (Phi) is 9.23. The fourth-order valence-electron chi connectivity index (χ4n) is 3.28. The van der Waals surface area contributed by atoms with Crippen molar-refractivity contribution in [1.82, 2.24) is 5.32 Å². The largest absolute Gasteiger partial charge is 0.449 e. The van der Waals surface area contributed by atoms with Gasteiger partial charge in [-0.05, 0) is 22.3 Å². The number of carbonyl (C=O) groups excluding carboxylic acids is 1. The zero-order valence-electron chi connectivity index (χ0n) is 15.8. The van der Waals surface area contributed by atoms with E-state index in [-0.39, 0.29) is 18.3 Å². The van der Waals surface area contributed by atoms with Gasteiger partial charge in [-0.1, -0.05) is 48.5 Å². The number of alkyl carbamates (subject to hydrolysis) is 1. The molecule has 1 aliphatic rings. The molecule has 2 aromatic carbocycles. The van der Waals surface area contributed by atoms with E-state index in [2.05, 4.69) is 29.6 Å². The Morgan fingerprint density at radius 2 is 1.46 bits per heavy atom. The molecule has 0 fully saturated rings. The SMILES string of the molecule is Cl.NCCOCCOCCNC(=O)OCC1c2ccccc2-c2ccccc21. The summed E-state index contributed by atoms with van der Waals surface area (Å²) in [6.45, 7) is 3.14. The van der Waals surface area contributed by atoms with Crippen LogP contribution in [-0.4, -0.2) is 52.2 Å². The molecule has 152 valence electrons. The van der Waals surface area contributed by atoms with Crippen LogP contribution in [0.25, 0.3) is 11.1 Å². The van der Waals surface area contributed by atoms with Gasteiger partial charge in [0.15, 0.2) is 0 Å². The van der Waals surface area contributed by atoms with E-state index in [9.17, 15) is 4.79 Å². The first-order chi connectivity index (χ1) is 13.3. The van der Waals surface area contributed by atoms with Crippen LogP contribution < -0.4 is 11.1 Å². The maximum Gasteiger partial charge on any atom is 0.407 e. The van der Waals surface area contributed by atoms with Crippen molar-refractivity contribution in [3.63, 3.8) is 0 Å². The van der Waals surface area contributed by atoms with E-state index in [1.165, 1.54) is 22.3 Å². The molecule has 28 heavy (non-hydrogen) atoms. The number of benzene rings is 2. The minimum atomic E-state index is -0.431. The predicted octanol–water partition coefficient (Wildman–Crippen LogP) is 2.94. The van der Waals surface area contributed by atoms with E-state index in [4.69, 9.17) is 19.9 Å². The molecule has 0 aromatic heterocycles. The molecular formula is C21H27ClN2O4. The van der Waals surface area contributed by atoms with Crippen LogP contribution in [-0.2, 0) is 14.2 Å². The second-order valence-corrected chi connectivity index (χ2v) is 6.27. The summed E-state index contributed by atoms with van der Waals surface area (Å²) in [5.74, 6) is 0.0686. The molecule has 0 spiro atoms. The van der Waals surface area contributed by atoms with Crippen molar-refractivity contribution in [2.24, 2.45) is 5.73 Å². The van der Waals surface area contributed by atoms with Gasteiger partial charge in [-0.2, -0.15) is 0 Å². The lowest BCUT2D eigenvalue weighted by molar-refractivity contribution is 0.0512. The van der Waals surface area contributed by atoms with Gasteiger partial charge in [-0.25, -0.2) is 4.79 Å². The van der Waals surface area contributed by atoms with Crippen molar-refractivity contribution in [2.75, 3.05) is 46.1 Å². The van der Waals surface area contributed by atoms with Crippen molar-refractivity contribution < 1.29 is 19.0 Å². The van der Waals surface area contributed by atoms with Gasteiger partial charge in [0.25, 0.3) is 0 Å². The van der Waals surface area contributed by atoms with Crippen molar-refractivity contribution in [3.8, 4) is 11.1 Å². The zero-order chi connectivity index (χ0) is 18.9. The molecule has 7 heteroatoms. The Labute approximate surface area is 171 Å². The average Bonchev–Trinajstić information content (AvgIpc) is 3.02. The smallest absolute Gasteiger partial charge is 0.407 e. The second-order valence-electron chi connectivity index (χ2n) is 6.27. The molecular weight excluding hydrogens is 380 g/mol. The molecule has 0 atom stereocenters. The number of hydrogen-bond acceptors (Lipinski definition) is 5. The summed E-state index contributed by atoms with van der Waals surface area (Å²) in [4.78, 5) is 12.0. The Bertz CT molecular complexity index is 711. The lowest BCUT2D eigenvalue weighted by atomic mass is 9.98. The minimum Gasteiger partial charge on any atom is -0.449 e. The fraction of sp³-hybridized carbons (Fsp3) is 0.381. The molecule has 3 rings (SSSR count). The molecule has 6 nitrogen and oxygen atoms in total. The summed E-state index contributed by atoms with van der Waals surface area (Å²) in [6.07, 6.45) is -0.431. The number of nitrogens with one attached hydrogen (secondary N) is 1. The third-order valence-corrected chi connectivity index (χ3v) is 4.49. The van der Waals surface area contributed by atoms with Gasteiger partial charge < -0.3 is 25.3 Å². The highest BCUT2D eigenvalue weighted by atomic mass is 35.5. The molecule has 0 aliphatic heterocycles. The molecule has 0 radical (unpaired) electrons. The fourth-order valence-corrected chi connectivity index (χ4v) is 3.28. The molecule has 0 heterocycles. The topological polar surface area (TPSA) is 82.8 Å². The van der Waals surface area contributed by atoms with E-state index < -0.39 is 6.09 Å². The average molecular weight is 407 g/mol. The third kappa shape index (κ3) is 5.69. The van der Waals surface area contributed by atoms with Gasteiger partial charge in [0.2, 0.25) is 0 Å². The lowest BCUT2D eigenvalue weighted by Crippen LogP contribution is -2.29. The van der Waals surface area contributed by atoms with Gasteiger partial charge in [0, 0.05) is 19.0 Å². The highest BCUT2D eigenvalue weighted by Gasteiger charge is 2.28. The molecule has 1 amide bonds. The lowest BCUT2D eigenvalue weighted by Gasteiger charge is -2.14. The molecule has 0 saturated carbocycles. The highest BCUT2D eigenvalue weighted by molar-refractivity contribution is 5.85. The van der Waals surface area contributed by atoms with Gasteiger partial charge in [-0.3, -0.25) is 0 Å². The molecule has 0 unspecified atom stereocenters. The highest BCUT2D eigenvalue weighted by Crippen LogP contribution is 2.44. The summed E-state index contributed by atoms with van der Waals surface area (Å²) in [5.41, 5.74) is 10.2. The van der Waals surface area contributed by atoms with Crippen molar-refractivity contribution in [3.05, 3.63) is 59.7 Å². The second kappa shape index (κ2) is 11.7. The van der Waals surface area contributed by atoms with Crippen LogP contribution in [0.2, 0.25) is 0 Å². The van der Waals surface area contributed by atoms with Crippen molar-refractivity contribution >= 4 is 18.5 Å². The normalized spacial score (nSPS) is 12.0. The standard InChI is InChI=1S/C21H26N2O4.ClH/c22-9-11-25-13-14-26-12-10-23-21(24)27-15-20-18-7-3-1-5-16(18)17-6-2-4-8-19(17)20;/h1-8,20H,9-15,22H2,(H,23,24);1H. The maximum absolute atomic E-state index is 12.0. The van der Waals surface area contributed by atoms with E-state index >= 15 is 0 Å². The summed E-state index contributed by atoms with van der Waals surface area (Å²) in [5, 5.41) is 2.71. The first-order valence-corrected chi connectivity index (χ1v) is 9.25. The first kappa shape index (κ1) is 22.2. The summed E-state index contributed by atoms with van der Waals surface area (Å²) in [6, 6.07) is 16.5. The number of fused-ring (bicyclic) bond motifs is 3. The van der Waals surface area contributed by atoms with E-state index in [0.29, 0.717) is 46.1 Å². The van der Waals surface area contributed by atoms with Crippen molar-refractivity contribution in [1.29, 1.82) is 0 Å². The van der Waals surface area contributed by atoms with E-state index in [1.807, 2.05) is 24.3 Å². The van der Waals surface area contributed by atoms with Crippen LogP contribution in [0.5, 0.6) is 0 Å². The Balaban J connectivity index is 0.00000280. The van der Waals surface area contributed by atoms with Crippen LogP contribution >= 0.6 is 12.4 Å². The summed E-state index contributed by atoms with van der Waals surface area (Å²) >= 11 is 0. The number of amides is 1. The molecule has 2 aromatic rings. The first-order valence-electron chi connectivity index (χ1n) is 9.25. The Morgan fingerprint density at radius 1 is 0.893 bits per heavy atom. The third-order valence-electron chi connectivity index (χ3n) is 4.49. The monoisotopic (exact) mass is 406 g/mol. The van der Waals surface area contributed by atoms with Gasteiger partial charge >= 0.3 is 6.09 Å². The van der Waals surface area contributed by atoms with Crippen molar-refractivity contribution in [2.45, 2.75) is 5.92 Å². The maximum atomic E-state index is 12.0. The number of rotatable bonds is 10. The molecule has 1 aliphatic carbocycles. The minimum absolute atomic E-state index is 0. The van der Waals surface area contributed by atoms with Crippen LogP contribution in [0.15, 0.2) is 48.5 Å². The van der Waals surface area contributed by atoms with Crippen LogP contribution in [0, 0.1) is 0 Å². The quantitative estimate of drug-likeness (QED) is 0.593. The van der Waals surface area contributed by atoms with Crippen LogP contribution in [0.3, 0.4) is 0 Å². The predicted molar refractivity (Wildman–Crippen MR) is 111 cm³/mol. The number of hydrogen-bond donors (Lipinski definition) is 2.